The maximum absolute atomic E-state index is 3.94. The van der Waals surface area contributed by atoms with Crippen molar-refractivity contribution >= 4 is 23.0 Å². The van der Waals surface area contributed by atoms with Crippen molar-refractivity contribution in [2.75, 3.05) is 0 Å². The van der Waals surface area contributed by atoms with Crippen LogP contribution in [-0.4, -0.2) is 0 Å². The fourth-order valence-electron chi connectivity index (χ4n) is 2.57. The van der Waals surface area contributed by atoms with Gasteiger partial charge in [0.1, 0.15) is 0 Å². The first-order chi connectivity index (χ1) is 9.85. The average molecular weight is 258 g/mol. The molecule has 96 valence electrons. The summed E-state index contributed by atoms with van der Waals surface area (Å²) in [5.41, 5.74) is 3.44. The van der Waals surface area contributed by atoms with Gasteiger partial charge in [0.05, 0.1) is 5.56 Å². The van der Waals surface area contributed by atoms with Gasteiger partial charge in [-0.05, 0) is 29.0 Å². The molecule has 0 amide bonds. The first-order valence-electron chi connectivity index (χ1n) is 6.62. The molecule has 0 atom stereocenters. The second-order valence-corrected chi connectivity index (χ2v) is 4.63. The van der Waals surface area contributed by atoms with Crippen molar-refractivity contribution in [3.63, 3.8) is 0 Å². The standard InChI is InChI=1S/C19H16N/c1-3-15-12-13-16-9-5-6-10-17(16)19(15)18-11-7-8-14-20(18)4-2/h3-14H,1-2H2/q+1. The number of hydrogen-bond acceptors (Lipinski definition) is 0. The van der Waals surface area contributed by atoms with Crippen molar-refractivity contribution in [3.8, 4) is 11.3 Å². The van der Waals surface area contributed by atoms with Gasteiger partial charge in [-0.25, -0.2) is 0 Å². The molecule has 3 rings (SSSR count). The smallest absolute Gasteiger partial charge is 0.167 e. The minimum atomic E-state index is 1.12. The molecule has 0 radical (unpaired) electrons. The van der Waals surface area contributed by atoms with Crippen LogP contribution in [0.25, 0.3) is 34.3 Å². The number of hydrogen-bond donors (Lipinski definition) is 0. The van der Waals surface area contributed by atoms with Crippen molar-refractivity contribution in [3.05, 3.63) is 79.5 Å². The molecule has 0 unspecified atom stereocenters. The summed E-state index contributed by atoms with van der Waals surface area (Å²) >= 11 is 0. The van der Waals surface area contributed by atoms with Crippen molar-refractivity contribution in [2.24, 2.45) is 0 Å². The van der Waals surface area contributed by atoms with Crippen LogP contribution in [0.1, 0.15) is 5.56 Å². The molecule has 0 aliphatic carbocycles. The Morgan fingerprint density at radius 2 is 1.65 bits per heavy atom. The van der Waals surface area contributed by atoms with Crippen molar-refractivity contribution in [2.45, 2.75) is 0 Å². The van der Waals surface area contributed by atoms with Gasteiger partial charge in [-0.1, -0.05) is 49.1 Å². The van der Waals surface area contributed by atoms with E-state index in [-0.39, 0.29) is 0 Å². The predicted octanol–water partition coefficient (Wildman–Crippen LogP) is 4.54. The quantitative estimate of drug-likeness (QED) is 0.607. The zero-order chi connectivity index (χ0) is 13.9. The number of benzene rings is 2. The number of nitrogens with zero attached hydrogens (tertiary/aromatic N) is 1. The lowest BCUT2D eigenvalue weighted by molar-refractivity contribution is -0.555. The van der Waals surface area contributed by atoms with E-state index in [1.807, 2.05) is 35.2 Å². The van der Waals surface area contributed by atoms with E-state index in [0.29, 0.717) is 0 Å². The first kappa shape index (κ1) is 12.4. The SMILES string of the molecule is C=Cc1ccc2ccccc2c1-c1cccc[n+]1C=C. The molecule has 0 aliphatic rings. The van der Waals surface area contributed by atoms with Crippen LogP contribution in [-0.2, 0) is 0 Å². The lowest BCUT2D eigenvalue weighted by Crippen LogP contribution is -2.27. The Kier molecular flexibility index (Phi) is 3.18. The second kappa shape index (κ2) is 5.14. The second-order valence-electron chi connectivity index (χ2n) is 4.63. The third-order valence-corrected chi connectivity index (χ3v) is 3.52. The van der Waals surface area contributed by atoms with E-state index in [4.69, 9.17) is 0 Å². The van der Waals surface area contributed by atoms with Crippen LogP contribution in [0, 0.1) is 0 Å². The van der Waals surface area contributed by atoms with E-state index in [1.165, 1.54) is 16.3 Å². The van der Waals surface area contributed by atoms with Crippen molar-refractivity contribution in [1.82, 2.24) is 0 Å². The van der Waals surface area contributed by atoms with Crippen LogP contribution in [0.4, 0.5) is 0 Å². The van der Waals surface area contributed by atoms with Crippen LogP contribution in [0.3, 0.4) is 0 Å². The maximum atomic E-state index is 3.94. The average Bonchev–Trinajstić information content (AvgIpc) is 2.53. The summed E-state index contributed by atoms with van der Waals surface area (Å²) in [4.78, 5) is 0. The zero-order valence-electron chi connectivity index (χ0n) is 11.3. The summed E-state index contributed by atoms with van der Waals surface area (Å²) in [5.74, 6) is 0. The lowest BCUT2D eigenvalue weighted by atomic mass is 9.96. The maximum Gasteiger partial charge on any atom is 0.219 e. The Balaban J connectivity index is 2.45. The van der Waals surface area contributed by atoms with Gasteiger partial charge in [-0.3, -0.25) is 0 Å². The van der Waals surface area contributed by atoms with Crippen molar-refractivity contribution in [1.29, 1.82) is 0 Å². The molecule has 1 nitrogen and oxygen atoms in total. The molecule has 0 fully saturated rings. The Hall–Kier alpha value is -2.67. The molecule has 2 aromatic carbocycles. The molecular weight excluding hydrogens is 242 g/mol. The summed E-state index contributed by atoms with van der Waals surface area (Å²) < 4.78 is 2.04. The predicted molar refractivity (Wildman–Crippen MR) is 86.1 cm³/mol. The highest BCUT2D eigenvalue weighted by Crippen LogP contribution is 2.31. The van der Waals surface area contributed by atoms with E-state index < -0.39 is 0 Å². The summed E-state index contributed by atoms with van der Waals surface area (Å²) in [7, 11) is 0. The molecule has 1 heteroatoms. The minimum absolute atomic E-state index is 1.12. The van der Waals surface area contributed by atoms with Gasteiger partial charge in [0.2, 0.25) is 5.69 Å². The van der Waals surface area contributed by atoms with Gasteiger partial charge in [0.25, 0.3) is 0 Å². The van der Waals surface area contributed by atoms with E-state index in [0.717, 1.165) is 11.3 Å². The topological polar surface area (TPSA) is 3.88 Å². The summed E-state index contributed by atoms with van der Waals surface area (Å²) in [6.45, 7) is 7.83. The highest BCUT2D eigenvalue weighted by molar-refractivity contribution is 5.99. The molecule has 0 saturated carbocycles. The van der Waals surface area contributed by atoms with E-state index >= 15 is 0 Å². The van der Waals surface area contributed by atoms with Crippen LogP contribution in [0.2, 0.25) is 0 Å². The molecule has 0 spiro atoms. The van der Waals surface area contributed by atoms with Crippen LogP contribution in [0.5, 0.6) is 0 Å². The van der Waals surface area contributed by atoms with E-state index in [1.54, 1.807) is 0 Å². The number of fused-ring (bicyclic) bond motifs is 1. The van der Waals surface area contributed by atoms with Gasteiger partial charge in [-0.15, -0.1) is 0 Å². The molecular formula is C19H16N+. The molecule has 1 heterocycles. The summed E-state index contributed by atoms with van der Waals surface area (Å²) in [6.07, 6.45) is 5.74. The molecule has 1 aromatic heterocycles. The van der Waals surface area contributed by atoms with Gasteiger partial charge >= 0.3 is 0 Å². The molecule has 0 bridgehead atoms. The molecule has 0 N–H and O–H groups in total. The lowest BCUT2D eigenvalue weighted by Gasteiger charge is -2.09. The minimum Gasteiger partial charge on any atom is -0.167 e. The third kappa shape index (κ3) is 1.94. The van der Waals surface area contributed by atoms with Gasteiger partial charge < -0.3 is 0 Å². The molecule has 0 aliphatic heterocycles. The molecule has 20 heavy (non-hydrogen) atoms. The summed E-state index contributed by atoms with van der Waals surface area (Å²) in [5, 5.41) is 2.46. The van der Waals surface area contributed by atoms with Crippen LogP contribution < -0.4 is 4.57 Å². The highest BCUT2D eigenvalue weighted by atomic mass is 14.9. The fraction of sp³-hybridized carbons (Fsp3) is 0. The van der Waals surface area contributed by atoms with E-state index in [2.05, 4.69) is 55.6 Å². The zero-order valence-corrected chi connectivity index (χ0v) is 11.3. The number of pyridine rings is 1. The van der Waals surface area contributed by atoms with Crippen LogP contribution >= 0.6 is 0 Å². The van der Waals surface area contributed by atoms with Crippen molar-refractivity contribution < 1.29 is 4.57 Å². The van der Waals surface area contributed by atoms with Crippen LogP contribution in [0.15, 0.2) is 74.0 Å². The Bertz CT molecular complexity index is 800. The third-order valence-electron chi connectivity index (χ3n) is 3.52. The Morgan fingerprint density at radius 1 is 0.850 bits per heavy atom. The normalized spacial score (nSPS) is 10.4. The van der Waals surface area contributed by atoms with Gasteiger partial charge in [-0.2, -0.15) is 4.57 Å². The summed E-state index contributed by atoms with van der Waals surface area (Å²) in [6, 6.07) is 18.8. The molecule has 3 aromatic rings. The Morgan fingerprint density at radius 3 is 2.45 bits per heavy atom. The largest absolute Gasteiger partial charge is 0.219 e. The van der Waals surface area contributed by atoms with Gasteiger partial charge in [0, 0.05) is 12.1 Å². The number of aromatic nitrogens is 1. The Labute approximate surface area is 119 Å². The highest BCUT2D eigenvalue weighted by Gasteiger charge is 2.16. The van der Waals surface area contributed by atoms with Gasteiger partial charge in [0.15, 0.2) is 12.4 Å². The number of rotatable bonds is 3. The first-order valence-corrected chi connectivity index (χ1v) is 6.62. The van der Waals surface area contributed by atoms with E-state index in [9.17, 15) is 0 Å². The monoisotopic (exact) mass is 258 g/mol. The molecule has 0 saturated heterocycles. The fourth-order valence-corrected chi connectivity index (χ4v) is 2.57.